The molecule has 1 aliphatic heterocycles. The Balaban J connectivity index is 2.46. The Morgan fingerprint density at radius 1 is 0.765 bits per heavy atom. The number of hydrogen-bond donors (Lipinski definition) is 0. The lowest BCUT2D eigenvalue weighted by Crippen LogP contribution is -1.97. The molecule has 0 aromatic heterocycles. The Labute approximate surface area is 96.4 Å². The lowest BCUT2D eigenvalue weighted by molar-refractivity contribution is 0.590. The van der Waals surface area contributed by atoms with Gasteiger partial charge in [-0.15, -0.1) is 0 Å². The van der Waals surface area contributed by atoms with Gasteiger partial charge in [-0.3, -0.25) is 0 Å². The molecule has 0 saturated carbocycles. The van der Waals surface area contributed by atoms with E-state index in [4.69, 9.17) is 0 Å². The summed E-state index contributed by atoms with van der Waals surface area (Å²) in [7, 11) is -3.79. The number of fused-ring (bicyclic) bond motifs is 3. The first kappa shape index (κ1) is 10.4. The van der Waals surface area contributed by atoms with Gasteiger partial charge in [-0.1, -0.05) is 12.1 Å². The zero-order chi connectivity index (χ0) is 12.2. The third-order valence-corrected chi connectivity index (χ3v) is 4.59. The van der Waals surface area contributed by atoms with E-state index in [-0.39, 0.29) is 9.79 Å². The molecule has 2 aromatic carbocycles. The molecule has 0 saturated heterocycles. The van der Waals surface area contributed by atoms with Gasteiger partial charge in [0.25, 0.3) is 0 Å². The molecule has 0 amide bonds. The molecule has 0 bridgehead atoms. The van der Waals surface area contributed by atoms with E-state index in [9.17, 15) is 17.2 Å². The topological polar surface area (TPSA) is 34.1 Å². The average molecular weight is 252 g/mol. The predicted octanol–water partition coefficient (Wildman–Crippen LogP) is 2.78. The van der Waals surface area contributed by atoms with E-state index in [1.54, 1.807) is 0 Å². The van der Waals surface area contributed by atoms with Gasteiger partial charge in [-0.2, -0.15) is 0 Å². The normalized spacial score (nSPS) is 15.4. The molecule has 1 aliphatic rings. The maximum atomic E-state index is 13.1. The first-order chi connectivity index (χ1) is 8.00. The van der Waals surface area contributed by atoms with E-state index in [2.05, 4.69) is 0 Å². The molecule has 2 nitrogen and oxygen atoms in total. The first-order valence-electron chi connectivity index (χ1n) is 4.85. The molecule has 5 heteroatoms. The molecular weight excluding hydrogens is 246 g/mol. The van der Waals surface area contributed by atoms with Crippen LogP contribution in [-0.4, -0.2) is 8.42 Å². The average Bonchev–Trinajstić information content (AvgIpc) is 2.49. The van der Waals surface area contributed by atoms with Crippen LogP contribution < -0.4 is 0 Å². The summed E-state index contributed by atoms with van der Waals surface area (Å²) < 4.78 is 50.2. The van der Waals surface area contributed by atoms with E-state index < -0.39 is 21.5 Å². The van der Waals surface area contributed by atoms with Crippen LogP contribution in [0.5, 0.6) is 0 Å². The third kappa shape index (κ3) is 1.32. The van der Waals surface area contributed by atoms with E-state index in [1.165, 1.54) is 24.3 Å². The Bertz CT molecular complexity index is 679. The van der Waals surface area contributed by atoms with Crippen molar-refractivity contribution in [1.29, 1.82) is 0 Å². The minimum Gasteiger partial charge on any atom is -0.218 e. The summed E-state index contributed by atoms with van der Waals surface area (Å²) in [6.07, 6.45) is 0. The summed E-state index contributed by atoms with van der Waals surface area (Å²) in [6.45, 7) is 0. The molecule has 17 heavy (non-hydrogen) atoms. The van der Waals surface area contributed by atoms with Crippen molar-refractivity contribution >= 4 is 9.84 Å². The van der Waals surface area contributed by atoms with Gasteiger partial charge in [0.1, 0.15) is 11.6 Å². The smallest absolute Gasteiger partial charge is 0.208 e. The van der Waals surface area contributed by atoms with Crippen LogP contribution in [0.1, 0.15) is 0 Å². The van der Waals surface area contributed by atoms with Crippen LogP contribution in [0.25, 0.3) is 11.1 Å². The fraction of sp³-hybridized carbons (Fsp3) is 0. The van der Waals surface area contributed by atoms with E-state index in [0.29, 0.717) is 11.1 Å². The van der Waals surface area contributed by atoms with Crippen molar-refractivity contribution < 1.29 is 17.2 Å². The van der Waals surface area contributed by atoms with Crippen molar-refractivity contribution in [3.8, 4) is 11.1 Å². The summed E-state index contributed by atoms with van der Waals surface area (Å²) >= 11 is 0. The standard InChI is InChI=1S/C12H6F2O2S/c13-7-1-3-9-10-4-2-8(14)6-12(10)17(15,16)11(9)5-7/h1-6H. The number of benzene rings is 2. The van der Waals surface area contributed by atoms with Gasteiger partial charge in [0.15, 0.2) is 0 Å². The lowest BCUT2D eigenvalue weighted by Gasteiger charge is -1.97. The van der Waals surface area contributed by atoms with Crippen molar-refractivity contribution in [3.05, 3.63) is 48.0 Å². The quantitative estimate of drug-likeness (QED) is 0.616. The molecular formula is C12H6F2O2S. The zero-order valence-electron chi connectivity index (χ0n) is 8.44. The molecule has 0 radical (unpaired) electrons. The highest BCUT2D eigenvalue weighted by Gasteiger charge is 2.33. The van der Waals surface area contributed by atoms with E-state index in [0.717, 1.165) is 12.1 Å². The van der Waals surface area contributed by atoms with Crippen molar-refractivity contribution in [2.24, 2.45) is 0 Å². The van der Waals surface area contributed by atoms with Crippen LogP contribution in [-0.2, 0) is 9.84 Å². The second-order valence-electron chi connectivity index (χ2n) is 3.78. The molecule has 2 aromatic rings. The van der Waals surface area contributed by atoms with E-state index in [1.807, 2.05) is 0 Å². The SMILES string of the molecule is O=S1(=O)c2cc(F)ccc2-c2ccc(F)cc21. The van der Waals surface area contributed by atoms with Crippen LogP contribution in [0.15, 0.2) is 46.2 Å². The largest absolute Gasteiger partial charge is 0.218 e. The minimum absolute atomic E-state index is 0.0990. The fourth-order valence-corrected chi connectivity index (χ4v) is 3.71. The molecule has 0 spiro atoms. The fourth-order valence-electron chi connectivity index (χ4n) is 2.00. The van der Waals surface area contributed by atoms with Crippen molar-refractivity contribution in [1.82, 2.24) is 0 Å². The maximum absolute atomic E-state index is 13.1. The lowest BCUT2D eigenvalue weighted by atomic mass is 10.1. The summed E-state index contributed by atoms with van der Waals surface area (Å²) in [6, 6.07) is 7.09. The van der Waals surface area contributed by atoms with Gasteiger partial charge in [0, 0.05) is 11.1 Å². The van der Waals surface area contributed by atoms with Crippen LogP contribution in [0.4, 0.5) is 8.78 Å². The molecule has 0 unspecified atom stereocenters. The third-order valence-electron chi connectivity index (χ3n) is 2.76. The Morgan fingerprint density at radius 3 is 1.59 bits per heavy atom. The predicted molar refractivity (Wildman–Crippen MR) is 57.2 cm³/mol. The number of hydrogen-bond acceptors (Lipinski definition) is 2. The second-order valence-corrected chi connectivity index (χ2v) is 5.67. The zero-order valence-corrected chi connectivity index (χ0v) is 9.26. The number of sulfone groups is 1. The summed E-state index contributed by atoms with van der Waals surface area (Å²) in [5, 5.41) is 0. The summed E-state index contributed by atoms with van der Waals surface area (Å²) in [5.74, 6) is -1.25. The van der Waals surface area contributed by atoms with Crippen LogP contribution in [0.2, 0.25) is 0 Å². The molecule has 0 aliphatic carbocycles. The van der Waals surface area contributed by atoms with Gasteiger partial charge in [0.05, 0.1) is 9.79 Å². The van der Waals surface area contributed by atoms with E-state index >= 15 is 0 Å². The van der Waals surface area contributed by atoms with Crippen molar-refractivity contribution in [3.63, 3.8) is 0 Å². The highest BCUT2D eigenvalue weighted by atomic mass is 32.2. The van der Waals surface area contributed by atoms with Crippen LogP contribution in [0.3, 0.4) is 0 Å². The minimum atomic E-state index is -3.79. The van der Waals surface area contributed by atoms with Gasteiger partial charge in [-0.05, 0) is 24.3 Å². The summed E-state index contributed by atoms with van der Waals surface area (Å²) in [4.78, 5) is -0.198. The Hall–Kier alpha value is -1.75. The molecule has 0 atom stereocenters. The van der Waals surface area contributed by atoms with Crippen LogP contribution in [0, 0.1) is 11.6 Å². The molecule has 86 valence electrons. The van der Waals surface area contributed by atoms with Gasteiger partial charge >= 0.3 is 0 Å². The van der Waals surface area contributed by atoms with Crippen LogP contribution >= 0.6 is 0 Å². The summed E-state index contributed by atoms with van der Waals surface area (Å²) in [5.41, 5.74) is 0.836. The molecule has 0 N–H and O–H groups in total. The number of halogens is 2. The molecule has 1 heterocycles. The van der Waals surface area contributed by atoms with Gasteiger partial charge in [0.2, 0.25) is 9.84 Å². The number of rotatable bonds is 0. The first-order valence-corrected chi connectivity index (χ1v) is 6.33. The molecule has 3 rings (SSSR count). The highest BCUT2D eigenvalue weighted by Crippen LogP contribution is 2.43. The van der Waals surface area contributed by atoms with Crippen molar-refractivity contribution in [2.75, 3.05) is 0 Å². The Morgan fingerprint density at radius 2 is 1.18 bits per heavy atom. The van der Waals surface area contributed by atoms with Gasteiger partial charge in [-0.25, -0.2) is 17.2 Å². The maximum Gasteiger partial charge on any atom is 0.208 e. The second kappa shape index (κ2) is 3.13. The van der Waals surface area contributed by atoms with Crippen molar-refractivity contribution in [2.45, 2.75) is 9.79 Å². The Kier molecular flexibility index (Phi) is 1.92. The highest BCUT2D eigenvalue weighted by molar-refractivity contribution is 7.92. The molecule has 0 fully saturated rings. The monoisotopic (exact) mass is 252 g/mol. The van der Waals surface area contributed by atoms with Gasteiger partial charge < -0.3 is 0 Å².